The van der Waals surface area contributed by atoms with Crippen LogP contribution in [0.4, 0.5) is 10.2 Å². The van der Waals surface area contributed by atoms with Crippen LogP contribution in [0.15, 0.2) is 54.6 Å². The van der Waals surface area contributed by atoms with Gasteiger partial charge in [0.2, 0.25) is 10.0 Å². The SMILES string of the molecule is CS(=O)(=O)N(CC(O)CO)c1cc(C(N)=O)nc(-c2ccc(Oc3ccc(F)cc3)cc2)n1. The van der Waals surface area contributed by atoms with E-state index in [0.717, 1.165) is 16.6 Å². The Kier molecular flexibility index (Phi) is 7.21. The number of nitrogens with zero attached hydrogens (tertiary/aromatic N) is 3. The number of aromatic nitrogens is 2. The fourth-order valence-electron chi connectivity index (χ4n) is 2.78. The lowest BCUT2D eigenvalue weighted by Crippen LogP contribution is -2.39. The number of ether oxygens (including phenoxy) is 1. The number of amides is 1. The molecule has 4 N–H and O–H groups in total. The maximum atomic E-state index is 13.0. The molecule has 1 heterocycles. The topological polar surface area (TPSA) is 156 Å². The first-order chi connectivity index (χ1) is 15.6. The van der Waals surface area contributed by atoms with Crippen molar-refractivity contribution in [1.29, 1.82) is 0 Å². The summed E-state index contributed by atoms with van der Waals surface area (Å²) in [4.78, 5) is 20.1. The Balaban J connectivity index is 1.97. The van der Waals surface area contributed by atoms with E-state index < -0.39 is 41.0 Å². The average Bonchev–Trinajstić information content (AvgIpc) is 2.78. The highest BCUT2D eigenvalue weighted by atomic mass is 32.2. The molecule has 12 heteroatoms. The van der Waals surface area contributed by atoms with Gasteiger partial charge in [0, 0.05) is 11.6 Å². The van der Waals surface area contributed by atoms with E-state index in [1.807, 2.05) is 0 Å². The minimum atomic E-state index is -3.94. The summed E-state index contributed by atoms with van der Waals surface area (Å²) in [6.45, 7) is -1.17. The number of primary amides is 1. The molecule has 1 atom stereocenters. The van der Waals surface area contributed by atoms with E-state index in [-0.39, 0.29) is 17.3 Å². The lowest BCUT2D eigenvalue weighted by molar-refractivity contribution is 0.0995. The molecule has 10 nitrogen and oxygen atoms in total. The molecule has 0 saturated heterocycles. The van der Waals surface area contributed by atoms with E-state index in [9.17, 15) is 22.7 Å². The van der Waals surface area contributed by atoms with Crippen LogP contribution in [0, 0.1) is 5.82 Å². The van der Waals surface area contributed by atoms with Crippen molar-refractivity contribution in [2.24, 2.45) is 5.73 Å². The van der Waals surface area contributed by atoms with Gasteiger partial charge in [0.15, 0.2) is 5.82 Å². The van der Waals surface area contributed by atoms with E-state index in [4.69, 9.17) is 15.6 Å². The predicted molar refractivity (Wildman–Crippen MR) is 118 cm³/mol. The number of halogens is 1. The Labute approximate surface area is 189 Å². The van der Waals surface area contributed by atoms with Crippen LogP contribution in [0.2, 0.25) is 0 Å². The Morgan fingerprint density at radius 3 is 2.21 bits per heavy atom. The maximum Gasteiger partial charge on any atom is 0.267 e. The highest BCUT2D eigenvalue weighted by molar-refractivity contribution is 7.92. The maximum absolute atomic E-state index is 13.0. The molecule has 1 aromatic heterocycles. The van der Waals surface area contributed by atoms with Crippen LogP contribution in [0.5, 0.6) is 11.5 Å². The van der Waals surface area contributed by atoms with E-state index >= 15 is 0 Å². The number of anilines is 1. The second kappa shape index (κ2) is 9.90. The number of carbonyl (C=O) groups excluding carboxylic acids is 1. The molecule has 1 amide bonds. The molecule has 2 aromatic carbocycles. The van der Waals surface area contributed by atoms with E-state index in [1.54, 1.807) is 24.3 Å². The van der Waals surface area contributed by atoms with Gasteiger partial charge in [0.1, 0.15) is 28.8 Å². The van der Waals surface area contributed by atoms with Crippen LogP contribution in [0.25, 0.3) is 11.4 Å². The van der Waals surface area contributed by atoms with Gasteiger partial charge in [-0.3, -0.25) is 9.10 Å². The van der Waals surface area contributed by atoms with Crippen molar-refractivity contribution < 1.29 is 32.6 Å². The molecule has 1 unspecified atom stereocenters. The highest BCUT2D eigenvalue weighted by Gasteiger charge is 2.24. The first kappa shape index (κ1) is 24.0. The first-order valence-corrected chi connectivity index (χ1v) is 11.4. The lowest BCUT2D eigenvalue weighted by Gasteiger charge is -2.24. The van der Waals surface area contributed by atoms with Gasteiger partial charge in [-0.05, 0) is 48.5 Å². The third-order valence-electron chi connectivity index (χ3n) is 4.37. The summed E-state index contributed by atoms with van der Waals surface area (Å²) in [5.41, 5.74) is 5.53. The lowest BCUT2D eigenvalue weighted by atomic mass is 10.2. The number of hydrogen-bond acceptors (Lipinski definition) is 8. The van der Waals surface area contributed by atoms with E-state index in [2.05, 4.69) is 9.97 Å². The number of hydrogen-bond donors (Lipinski definition) is 3. The molecule has 0 aliphatic carbocycles. The molecule has 0 aliphatic rings. The van der Waals surface area contributed by atoms with Crippen molar-refractivity contribution >= 4 is 21.7 Å². The summed E-state index contributed by atoms with van der Waals surface area (Å²) < 4.78 is 44.0. The van der Waals surface area contributed by atoms with Crippen LogP contribution in [-0.2, 0) is 10.0 Å². The predicted octanol–water partition coefficient (Wildman–Crippen LogP) is 1.29. The molecule has 0 saturated carbocycles. The monoisotopic (exact) mass is 476 g/mol. The molecular weight excluding hydrogens is 455 g/mol. The summed E-state index contributed by atoms with van der Waals surface area (Å²) in [5.74, 6) is -0.649. The minimum absolute atomic E-state index is 0.00164. The Hall–Kier alpha value is -3.61. The third kappa shape index (κ3) is 6.22. The quantitative estimate of drug-likeness (QED) is 0.417. The van der Waals surface area contributed by atoms with Crippen LogP contribution in [0.1, 0.15) is 10.5 Å². The number of carbonyl (C=O) groups is 1. The minimum Gasteiger partial charge on any atom is -0.457 e. The summed E-state index contributed by atoms with van der Waals surface area (Å²) in [5, 5.41) is 18.9. The third-order valence-corrected chi connectivity index (χ3v) is 5.51. The largest absolute Gasteiger partial charge is 0.457 e. The fraction of sp³-hybridized carbons (Fsp3) is 0.190. The van der Waals surface area contributed by atoms with Crippen molar-refractivity contribution in [2.45, 2.75) is 6.10 Å². The Morgan fingerprint density at radius 1 is 1.12 bits per heavy atom. The molecule has 174 valence electrons. The summed E-state index contributed by atoms with van der Waals surface area (Å²) in [6, 6.07) is 12.9. The van der Waals surface area contributed by atoms with Gasteiger partial charge in [0.05, 0.1) is 25.5 Å². The van der Waals surface area contributed by atoms with Gasteiger partial charge in [-0.15, -0.1) is 0 Å². The summed E-state index contributed by atoms with van der Waals surface area (Å²) in [6.07, 6.45) is -0.484. The molecule has 33 heavy (non-hydrogen) atoms. The van der Waals surface area contributed by atoms with Gasteiger partial charge in [0.25, 0.3) is 5.91 Å². The molecule has 0 aliphatic heterocycles. The van der Waals surface area contributed by atoms with Crippen molar-refractivity contribution in [1.82, 2.24) is 9.97 Å². The van der Waals surface area contributed by atoms with Gasteiger partial charge in [-0.2, -0.15) is 0 Å². The normalized spacial score (nSPS) is 12.2. The van der Waals surface area contributed by atoms with Gasteiger partial charge in [-0.25, -0.2) is 22.8 Å². The number of rotatable bonds is 9. The second-order valence-corrected chi connectivity index (χ2v) is 8.92. The zero-order chi connectivity index (χ0) is 24.2. The number of benzene rings is 2. The Morgan fingerprint density at radius 2 is 1.70 bits per heavy atom. The zero-order valence-electron chi connectivity index (χ0n) is 17.4. The molecule has 0 fully saturated rings. The number of nitrogens with two attached hydrogens (primary N) is 1. The van der Waals surface area contributed by atoms with Crippen molar-refractivity contribution in [3.05, 3.63) is 66.1 Å². The molecule has 0 radical (unpaired) electrons. The fourth-order valence-corrected chi connectivity index (χ4v) is 3.65. The van der Waals surface area contributed by atoms with Crippen molar-refractivity contribution in [3.8, 4) is 22.9 Å². The zero-order valence-corrected chi connectivity index (χ0v) is 18.2. The van der Waals surface area contributed by atoms with E-state index in [1.165, 1.54) is 24.3 Å². The van der Waals surface area contributed by atoms with Crippen LogP contribution in [0.3, 0.4) is 0 Å². The van der Waals surface area contributed by atoms with Crippen LogP contribution in [-0.4, -0.2) is 60.0 Å². The molecule has 0 bridgehead atoms. The molecule has 0 spiro atoms. The van der Waals surface area contributed by atoms with Crippen LogP contribution >= 0.6 is 0 Å². The first-order valence-electron chi connectivity index (χ1n) is 9.56. The number of sulfonamides is 1. The van der Waals surface area contributed by atoms with Gasteiger partial charge in [-0.1, -0.05) is 0 Å². The number of aliphatic hydroxyl groups excluding tert-OH is 2. The van der Waals surface area contributed by atoms with Gasteiger partial charge >= 0.3 is 0 Å². The molecular formula is C21H21FN4O6S. The second-order valence-electron chi connectivity index (χ2n) is 7.01. The highest BCUT2D eigenvalue weighted by Crippen LogP contribution is 2.26. The Bertz CT molecular complexity index is 1240. The summed E-state index contributed by atoms with van der Waals surface area (Å²) in [7, 11) is -3.94. The van der Waals surface area contributed by atoms with E-state index in [0.29, 0.717) is 17.1 Å². The summed E-state index contributed by atoms with van der Waals surface area (Å²) >= 11 is 0. The molecule has 3 aromatic rings. The standard InChI is InChI=1S/C21H21FN4O6S/c1-33(30,31)26(11-15(28)12-27)19-10-18(20(23)29)24-21(25-19)13-2-6-16(7-3-13)32-17-8-4-14(22)5-9-17/h2-10,15,27-28H,11-12H2,1H3,(H2,23,29). The van der Waals surface area contributed by atoms with Crippen molar-refractivity contribution in [3.63, 3.8) is 0 Å². The van der Waals surface area contributed by atoms with Gasteiger partial charge < -0.3 is 20.7 Å². The van der Waals surface area contributed by atoms with Crippen molar-refractivity contribution in [2.75, 3.05) is 23.7 Å². The average molecular weight is 476 g/mol. The smallest absolute Gasteiger partial charge is 0.267 e. The molecule has 3 rings (SSSR count). The number of aliphatic hydroxyl groups is 2. The van der Waals surface area contributed by atoms with Crippen LogP contribution < -0.4 is 14.8 Å².